The van der Waals surface area contributed by atoms with Crippen LogP contribution in [0.5, 0.6) is 0 Å². The van der Waals surface area contributed by atoms with Gasteiger partial charge in [0.15, 0.2) is 6.10 Å². The zero-order valence-corrected chi connectivity index (χ0v) is 10.8. The molecular formula is C11H20N2O5. The van der Waals surface area contributed by atoms with E-state index in [9.17, 15) is 14.7 Å². The summed E-state index contributed by atoms with van der Waals surface area (Å²) in [5.41, 5.74) is 5.48. The highest BCUT2D eigenvalue weighted by Crippen LogP contribution is 2.23. The molecule has 5 unspecified atom stereocenters. The van der Waals surface area contributed by atoms with Crippen molar-refractivity contribution in [2.75, 3.05) is 6.54 Å². The Morgan fingerprint density at radius 1 is 1.44 bits per heavy atom. The van der Waals surface area contributed by atoms with Crippen LogP contribution in [0.4, 0.5) is 0 Å². The van der Waals surface area contributed by atoms with Crippen LogP contribution in [0.1, 0.15) is 20.8 Å². The number of nitrogens with two attached hydrogens (primary N) is 1. The smallest absolute Gasteiger partial charge is 0.303 e. The molecule has 1 heterocycles. The van der Waals surface area contributed by atoms with Gasteiger partial charge >= 0.3 is 5.97 Å². The van der Waals surface area contributed by atoms with Crippen LogP contribution in [0.25, 0.3) is 0 Å². The van der Waals surface area contributed by atoms with Gasteiger partial charge in [-0.2, -0.15) is 0 Å². The molecule has 1 fully saturated rings. The lowest BCUT2D eigenvalue weighted by atomic mass is 9.93. The van der Waals surface area contributed by atoms with Crippen LogP contribution in [-0.4, -0.2) is 54.0 Å². The number of carbonyl (C=O) groups is 2. The Labute approximate surface area is 106 Å². The number of nitrogens with one attached hydrogen (secondary N) is 1. The molecule has 1 aliphatic heterocycles. The zero-order valence-electron chi connectivity index (χ0n) is 10.8. The summed E-state index contributed by atoms with van der Waals surface area (Å²) >= 11 is 0. The molecule has 1 rings (SSSR count). The Kier molecular flexibility index (Phi) is 5.06. The lowest BCUT2D eigenvalue weighted by Crippen LogP contribution is -2.64. The van der Waals surface area contributed by atoms with Crippen LogP contribution in [0.2, 0.25) is 0 Å². The van der Waals surface area contributed by atoms with E-state index in [1.165, 1.54) is 13.8 Å². The Morgan fingerprint density at radius 2 is 2.06 bits per heavy atom. The van der Waals surface area contributed by atoms with E-state index in [0.29, 0.717) is 0 Å². The summed E-state index contributed by atoms with van der Waals surface area (Å²) in [5, 5.41) is 12.7. The van der Waals surface area contributed by atoms with E-state index in [1.54, 1.807) is 6.92 Å². The minimum Gasteiger partial charge on any atom is -0.457 e. The first-order valence-corrected chi connectivity index (χ1v) is 5.84. The first kappa shape index (κ1) is 14.9. The van der Waals surface area contributed by atoms with Crippen LogP contribution in [-0.2, 0) is 19.1 Å². The molecule has 0 aromatic heterocycles. The molecule has 7 nitrogen and oxygen atoms in total. The van der Waals surface area contributed by atoms with E-state index in [2.05, 4.69) is 5.32 Å². The van der Waals surface area contributed by atoms with Crippen molar-refractivity contribution in [2.45, 2.75) is 51.2 Å². The number of aliphatic hydroxyl groups excluding tert-OH is 1. The van der Waals surface area contributed by atoms with Gasteiger partial charge in [-0.3, -0.25) is 9.59 Å². The van der Waals surface area contributed by atoms with Crippen molar-refractivity contribution in [1.82, 2.24) is 5.32 Å². The van der Waals surface area contributed by atoms with Gasteiger partial charge < -0.3 is 25.6 Å². The molecule has 0 aliphatic carbocycles. The van der Waals surface area contributed by atoms with Crippen LogP contribution < -0.4 is 11.1 Å². The number of esters is 1. The average molecular weight is 260 g/mol. The van der Waals surface area contributed by atoms with E-state index >= 15 is 0 Å². The molecule has 1 saturated heterocycles. The third kappa shape index (κ3) is 3.41. The minimum atomic E-state index is -1.06. The van der Waals surface area contributed by atoms with E-state index < -0.39 is 36.4 Å². The summed E-state index contributed by atoms with van der Waals surface area (Å²) in [6, 6.07) is -0.593. The molecule has 0 aromatic rings. The summed E-state index contributed by atoms with van der Waals surface area (Å²) in [7, 11) is 0. The first-order valence-electron chi connectivity index (χ1n) is 5.84. The molecule has 0 bridgehead atoms. The predicted molar refractivity (Wildman–Crippen MR) is 62.6 cm³/mol. The molecule has 18 heavy (non-hydrogen) atoms. The molecule has 0 aromatic carbocycles. The molecular weight excluding hydrogens is 240 g/mol. The number of amides is 1. The number of carbonyl (C=O) groups excluding carboxylic acids is 2. The van der Waals surface area contributed by atoms with Crippen molar-refractivity contribution in [2.24, 2.45) is 5.73 Å². The highest BCUT2D eigenvalue weighted by Gasteiger charge is 2.45. The van der Waals surface area contributed by atoms with E-state index in [0.717, 1.165) is 0 Å². The molecule has 0 radical (unpaired) electrons. The maximum absolute atomic E-state index is 11.1. The minimum absolute atomic E-state index is 0.107. The second-order valence-corrected chi connectivity index (χ2v) is 4.41. The van der Waals surface area contributed by atoms with Gasteiger partial charge in [0.25, 0.3) is 0 Å². The maximum Gasteiger partial charge on any atom is 0.303 e. The van der Waals surface area contributed by atoms with Gasteiger partial charge in [0.2, 0.25) is 5.91 Å². The highest BCUT2D eigenvalue weighted by atomic mass is 16.6. The second kappa shape index (κ2) is 6.12. The number of ether oxygens (including phenoxy) is 2. The van der Waals surface area contributed by atoms with E-state index in [-0.39, 0.29) is 12.5 Å². The third-order valence-corrected chi connectivity index (χ3v) is 2.87. The highest BCUT2D eigenvalue weighted by molar-refractivity contribution is 5.73. The number of rotatable bonds is 3. The lowest BCUT2D eigenvalue weighted by molar-refractivity contribution is -0.197. The van der Waals surface area contributed by atoms with Crippen LogP contribution >= 0.6 is 0 Å². The fraction of sp³-hybridized carbons (Fsp3) is 0.818. The fourth-order valence-electron chi connectivity index (χ4n) is 2.10. The Hall–Kier alpha value is -1.18. The summed E-state index contributed by atoms with van der Waals surface area (Å²) in [6.45, 7) is 4.43. The Morgan fingerprint density at radius 3 is 2.50 bits per heavy atom. The second-order valence-electron chi connectivity index (χ2n) is 4.41. The largest absolute Gasteiger partial charge is 0.457 e. The molecule has 4 N–H and O–H groups in total. The number of hydrogen-bond donors (Lipinski definition) is 3. The Balaban J connectivity index is 2.89. The predicted octanol–water partition coefficient (Wildman–Crippen LogP) is -1.47. The molecule has 1 amide bonds. The summed E-state index contributed by atoms with van der Waals surface area (Å²) in [4.78, 5) is 22.2. The van der Waals surface area contributed by atoms with Crippen LogP contribution in [0, 0.1) is 0 Å². The van der Waals surface area contributed by atoms with Gasteiger partial charge in [-0.25, -0.2) is 0 Å². The van der Waals surface area contributed by atoms with Gasteiger partial charge in [-0.1, -0.05) is 0 Å². The molecule has 1 aliphatic rings. The first-order chi connectivity index (χ1) is 8.36. The SMILES string of the molecule is CC(=O)NC1C(C)OC(CN)C(O)C1OC(C)=O. The number of hydrogen-bond acceptors (Lipinski definition) is 6. The van der Waals surface area contributed by atoms with Crippen molar-refractivity contribution in [3.8, 4) is 0 Å². The van der Waals surface area contributed by atoms with Crippen molar-refractivity contribution in [3.63, 3.8) is 0 Å². The van der Waals surface area contributed by atoms with E-state index in [4.69, 9.17) is 15.2 Å². The molecule has 104 valence electrons. The summed E-state index contributed by atoms with van der Waals surface area (Å²) in [6.07, 6.45) is -2.94. The lowest BCUT2D eigenvalue weighted by Gasteiger charge is -2.43. The van der Waals surface area contributed by atoms with Crippen molar-refractivity contribution < 1.29 is 24.2 Å². The normalized spacial score (nSPS) is 35.9. The fourth-order valence-corrected chi connectivity index (χ4v) is 2.10. The monoisotopic (exact) mass is 260 g/mol. The third-order valence-electron chi connectivity index (χ3n) is 2.87. The van der Waals surface area contributed by atoms with Gasteiger partial charge in [-0.15, -0.1) is 0 Å². The van der Waals surface area contributed by atoms with Gasteiger partial charge in [0, 0.05) is 20.4 Å². The standard InChI is InChI=1S/C11H20N2O5/c1-5-9(13-6(2)14)11(18-7(3)15)10(16)8(4-12)17-5/h5,8-11,16H,4,12H2,1-3H3,(H,13,14). The average Bonchev–Trinajstić information content (AvgIpc) is 2.27. The van der Waals surface area contributed by atoms with E-state index in [1.807, 2.05) is 0 Å². The topological polar surface area (TPSA) is 111 Å². The molecule has 5 atom stereocenters. The summed E-state index contributed by atoms with van der Waals surface area (Å²) in [5.74, 6) is -0.815. The van der Waals surface area contributed by atoms with Gasteiger partial charge in [0.1, 0.15) is 6.10 Å². The zero-order chi connectivity index (χ0) is 13.9. The molecule has 0 saturated carbocycles. The molecule has 7 heteroatoms. The maximum atomic E-state index is 11.1. The van der Waals surface area contributed by atoms with Crippen LogP contribution in [0.15, 0.2) is 0 Å². The van der Waals surface area contributed by atoms with Gasteiger partial charge in [0.05, 0.1) is 18.2 Å². The number of aliphatic hydroxyl groups is 1. The van der Waals surface area contributed by atoms with Crippen molar-refractivity contribution >= 4 is 11.9 Å². The van der Waals surface area contributed by atoms with Crippen molar-refractivity contribution in [1.29, 1.82) is 0 Å². The quantitative estimate of drug-likeness (QED) is 0.534. The Bertz CT molecular complexity index is 323. The van der Waals surface area contributed by atoms with Crippen molar-refractivity contribution in [3.05, 3.63) is 0 Å². The molecule has 0 spiro atoms. The van der Waals surface area contributed by atoms with Crippen LogP contribution in [0.3, 0.4) is 0 Å². The summed E-state index contributed by atoms with van der Waals surface area (Å²) < 4.78 is 10.6. The van der Waals surface area contributed by atoms with Gasteiger partial charge in [-0.05, 0) is 6.92 Å².